The van der Waals surface area contributed by atoms with Gasteiger partial charge in [-0.05, 0) is 74.7 Å². The molecule has 1 saturated heterocycles. The van der Waals surface area contributed by atoms with Gasteiger partial charge in [0.1, 0.15) is 11.8 Å². The van der Waals surface area contributed by atoms with Gasteiger partial charge in [0, 0.05) is 44.0 Å². The van der Waals surface area contributed by atoms with Gasteiger partial charge in [-0.2, -0.15) is 0 Å². The second-order valence-electron chi connectivity index (χ2n) is 9.46. The lowest BCUT2D eigenvalue weighted by atomic mass is 10.0. The molecule has 0 aliphatic carbocycles. The fourth-order valence-electron chi connectivity index (χ4n) is 4.31. The van der Waals surface area contributed by atoms with Crippen LogP contribution in [0.15, 0.2) is 48.5 Å². The van der Waals surface area contributed by atoms with Crippen molar-refractivity contribution in [2.24, 2.45) is 5.92 Å². The molecule has 0 saturated carbocycles. The van der Waals surface area contributed by atoms with Crippen molar-refractivity contribution in [3.05, 3.63) is 59.7 Å². The van der Waals surface area contributed by atoms with Crippen LogP contribution in [-0.4, -0.2) is 68.6 Å². The van der Waals surface area contributed by atoms with Gasteiger partial charge < -0.3 is 20.3 Å². The van der Waals surface area contributed by atoms with E-state index in [1.165, 1.54) is 11.3 Å². The van der Waals surface area contributed by atoms with E-state index in [4.69, 9.17) is 4.74 Å². The van der Waals surface area contributed by atoms with Crippen molar-refractivity contribution in [2.45, 2.75) is 40.2 Å². The number of piperazine rings is 1. The number of carbonyl (C=O) groups is 2. The van der Waals surface area contributed by atoms with Crippen molar-refractivity contribution in [1.82, 2.24) is 15.5 Å². The summed E-state index contributed by atoms with van der Waals surface area (Å²) in [5.41, 5.74) is 3.09. The molecule has 35 heavy (non-hydrogen) atoms. The first kappa shape index (κ1) is 26.5. The maximum absolute atomic E-state index is 12.8. The lowest BCUT2D eigenvalue weighted by Crippen LogP contribution is -2.50. The Morgan fingerprint density at radius 2 is 1.74 bits per heavy atom. The highest BCUT2D eigenvalue weighted by Crippen LogP contribution is 2.18. The number of benzene rings is 2. The molecule has 1 unspecified atom stereocenters. The quantitative estimate of drug-likeness (QED) is 0.482. The van der Waals surface area contributed by atoms with Gasteiger partial charge in [-0.25, -0.2) is 0 Å². The van der Waals surface area contributed by atoms with Crippen LogP contribution in [0, 0.1) is 12.8 Å². The summed E-state index contributed by atoms with van der Waals surface area (Å²) in [5.74, 6) is 0.312. The van der Waals surface area contributed by atoms with Gasteiger partial charge in [-0.15, -0.1) is 0 Å². The maximum Gasteiger partial charge on any atom is 0.251 e. The molecular weight excluding hydrogens is 440 g/mol. The highest BCUT2D eigenvalue weighted by Gasteiger charge is 2.24. The smallest absolute Gasteiger partial charge is 0.251 e. The maximum atomic E-state index is 12.8. The van der Waals surface area contributed by atoms with Crippen LogP contribution in [0.2, 0.25) is 0 Å². The van der Waals surface area contributed by atoms with E-state index in [1.807, 2.05) is 20.8 Å². The van der Waals surface area contributed by atoms with E-state index < -0.39 is 6.04 Å². The first-order valence-electron chi connectivity index (χ1n) is 12.7. The largest absolute Gasteiger partial charge is 0.494 e. The average Bonchev–Trinajstić information content (AvgIpc) is 2.85. The Labute approximate surface area is 209 Å². The predicted octanol–water partition coefficient (Wildman–Crippen LogP) is 3.48. The van der Waals surface area contributed by atoms with Gasteiger partial charge in [0.15, 0.2) is 0 Å². The van der Waals surface area contributed by atoms with Gasteiger partial charge in [-0.1, -0.05) is 26.0 Å². The van der Waals surface area contributed by atoms with Crippen LogP contribution in [-0.2, 0) is 4.79 Å². The third kappa shape index (κ3) is 7.99. The van der Waals surface area contributed by atoms with Crippen LogP contribution in [0.1, 0.15) is 43.1 Å². The Balaban J connectivity index is 1.39. The summed E-state index contributed by atoms with van der Waals surface area (Å²) in [5, 5.41) is 5.91. The summed E-state index contributed by atoms with van der Waals surface area (Å²) in [7, 11) is 0. The summed E-state index contributed by atoms with van der Waals surface area (Å²) in [6, 6.07) is 15.1. The van der Waals surface area contributed by atoms with E-state index in [0.29, 0.717) is 18.7 Å². The molecule has 1 fully saturated rings. The molecule has 1 atom stereocenters. The van der Waals surface area contributed by atoms with Crippen molar-refractivity contribution in [3.8, 4) is 5.75 Å². The second kappa shape index (κ2) is 13.1. The van der Waals surface area contributed by atoms with Gasteiger partial charge in [0.25, 0.3) is 5.91 Å². The minimum atomic E-state index is -0.577. The summed E-state index contributed by atoms with van der Waals surface area (Å²) in [6.45, 7) is 14.1. The number of rotatable bonds is 11. The molecule has 0 bridgehead atoms. The first-order valence-corrected chi connectivity index (χ1v) is 12.7. The van der Waals surface area contributed by atoms with E-state index in [-0.39, 0.29) is 17.7 Å². The zero-order valence-corrected chi connectivity index (χ0v) is 21.5. The number of nitrogens with zero attached hydrogens (tertiary/aromatic N) is 2. The SMILES string of the molecule is CCOc1ccc(C(=O)NC(C(=O)NCCCN2CCN(c3cccc(C)c3)CC2)C(C)C)cc1. The van der Waals surface area contributed by atoms with Crippen molar-refractivity contribution < 1.29 is 14.3 Å². The van der Waals surface area contributed by atoms with Crippen LogP contribution >= 0.6 is 0 Å². The van der Waals surface area contributed by atoms with Crippen molar-refractivity contribution in [2.75, 3.05) is 50.8 Å². The topological polar surface area (TPSA) is 73.9 Å². The van der Waals surface area contributed by atoms with Crippen molar-refractivity contribution in [1.29, 1.82) is 0 Å². The molecular formula is C28H40N4O3. The monoisotopic (exact) mass is 480 g/mol. The molecule has 3 rings (SSSR count). The Morgan fingerprint density at radius 1 is 1.03 bits per heavy atom. The first-order chi connectivity index (χ1) is 16.9. The molecule has 1 aliphatic rings. The number of hydrogen-bond donors (Lipinski definition) is 2. The van der Waals surface area contributed by atoms with Crippen LogP contribution in [0.25, 0.3) is 0 Å². The fourth-order valence-corrected chi connectivity index (χ4v) is 4.31. The van der Waals surface area contributed by atoms with Gasteiger partial charge in [0.2, 0.25) is 5.91 Å². The predicted molar refractivity (Wildman–Crippen MR) is 141 cm³/mol. The van der Waals surface area contributed by atoms with Crippen molar-refractivity contribution >= 4 is 17.5 Å². The summed E-state index contributed by atoms with van der Waals surface area (Å²) >= 11 is 0. The Morgan fingerprint density at radius 3 is 2.37 bits per heavy atom. The molecule has 2 N–H and O–H groups in total. The standard InChI is InChI=1S/C28H40N4O3/c1-5-35-25-12-10-23(11-13-25)27(33)30-26(21(2)3)28(34)29-14-7-15-31-16-18-32(19-17-31)24-9-6-8-22(4)20-24/h6,8-13,20-21,26H,5,7,14-19H2,1-4H3,(H,29,34)(H,30,33). The summed E-state index contributed by atoms with van der Waals surface area (Å²) < 4.78 is 5.42. The number of nitrogens with one attached hydrogen (secondary N) is 2. The van der Waals surface area contributed by atoms with Crippen molar-refractivity contribution in [3.63, 3.8) is 0 Å². The van der Waals surface area contributed by atoms with Gasteiger partial charge in [-0.3, -0.25) is 14.5 Å². The number of aryl methyl sites for hydroxylation is 1. The summed E-state index contributed by atoms with van der Waals surface area (Å²) in [6.07, 6.45) is 0.883. The molecule has 190 valence electrons. The van der Waals surface area contributed by atoms with E-state index >= 15 is 0 Å². The minimum Gasteiger partial charge on any atom is -0.494 e. The Bertz CT molecular complexity index is 953. The minimum absolute atomic E-state index is 0.0173. The molecule has 2 amide bonds. The highest BCUT2D eigenvalue weighted by atomic mass is 16.5. The molecule has 7 nitrogen and oxygen atoms in total. The third-order valence-electron chi connectivity index (χ3n) is 6.35. The number of anilines is 1. The molecule has 0 radical (unpaired) electrons. The van der Waals surface area contributed by atoms with E-state index in [1.54, 1.807) is 24.3 Å². The van der Waals surface area contributed by atoms with Crippen LogP contribution in [0.3, 0.4) is 0 Å². The molecule has 0 aromatic heterocycles. The van der Waals surface area contributed by atoms with Gasteiger partial charge >= 0.3 is 0 Å². The number of hydrogen-bond acceptors (Lipinski definition) is 5. The van der Waals surface area contributed by atoms with E-state index in [2.05, 4.69) is 51.6 Å². The number of carbonyl (C=O) groups excluding carboxylic acids is 2. The fraction of sp³-hybridized carbons (Fsp3) is 0.500. The zero-order chi connectivity index (χ0) is 25.2. The molecule has 0 spiro atoms. The van der Waals surface area contributed by atoms with E-state index in [0.717, 1.165) is 44.9 Å². The van der Waals surface area contributed by atoms with Gasteiger partial charge in [0.05, 0.1) is 6.61 Å². The molecule has 1 heterocycles. The summed E-state index contributed by atoms with van der Waals surface area (Å²) in [4.78, 5) is 30.4. The van der Waals surface area contributed by atoms with E-state index in [9.17, 15) is 9.59 Å². The second-order valence-corrected chi connectivity index (χ2v) is 9.46. The highest BCUT2D eigenvalue weighted by molar-refractivity contribution is 5.97. The molecule has 2 aromatic carbocycles. The Kier molecular flexibility index (Phi) is 9.97. The lowest BCUT2D eigenvalue weighted by molar-refractivity contribution is -0.123. The number of amides is 2. The normalized spacial score (nSPS) is 15.1. The van der Waals surface area contributed by atoms with Crippen LogP contribution < -0.4 is 20.3 Å². The zero-order valence-electron chi connectivity index (χ0n) is 21.5. The Hall–Kier alpha value is -3.06. The molecule has 2 aromatic rings. The molecule has 1 aliphatic heterocycles. The lowest BCUT2D eigenvalue weighted by Gasteiger charge is -2.36. The molecule has 7 heteroatoms. The number of ether oxygens (including phenoxy) is 1. The third-order valence-corrected chi connectivity index (χ3v) is 6.35. The van der Waals surface area contributed by atoms with Crippen LogP contribution in [0.4, 0.5) is 5.69 Å². The average molecular weight is 481 g/mol. The van der Waals surface area contributed by atoms with Crippen LogP contribution in [0.5, 0.6) is 5.75 Å².